The molecule has 0 amide bonds. The van der Waals surface area contributed by atoms with Crippen LogP contribution in [0.5, 0.6) is 0 Å². The van der Waals surface area contributed by atoms with Crippen LogP contribution >= 0.6 is 12.2 Å². The molecule has 0 saturated heterocycles. The van der Waals surface area contributed by atoms with Gasteiger partial charge in [0.1, 0.15) is 16.6 Å². The van der Waals surface area contributed by atoms with Gasteiger partial charge in [0, 0.05) is 11.7 Å². The summed E-state index contributed by atoms with van der Waals surface area (Å²) in [4.78, 5) is -0.0158. The van der Waals surface area contributed by atoms with E-state index in [1.807, 2.05) is 13.0 Å². The van der Waals surface area contributed by atoms with E-state index < -0.39 is 5.82 Å². The average molecular weight is 306 g/mol. The molecule has 21 heavy (non-hydrogen) atoms. The molecule has 2 aromatic carbocycles. The van der Waals surface area contributed by atoms with Gasteiger partial charge in [-0.25, -0.2) is 8.78 Å². The molecule has 5 heteroatoms. The first-order valence-electron chi connectivity index (χ1n) is 6.51. The average Bonchev–Trinajstić information content (AvgIpc) is 2.41. The summed E-state index contributed by atoms with van der Waals surface area (Å²) >= 11 is 4.88. The molecule has 0 aromatic heterocycles. The molecular weight excluding hydrogens is 290 g/mol. The summed E-state index contributed by atoms with van der Waals surface area (Å²) in [6, 6.07) is 9.36. The molecule has 0 aliphatic heterocycles. The number of halogens is 2. The molecule has 0 bridgehead atoms. The van der Waals surface area contributed by atoms with Crippen LogP contribution in [0.1, 0.15) is 29.7 Å². The van der Waals surface area contributed by atoms with Gasteiger partial charge < -0.3 is 11.1 Å². The van der Waals surface area contributed by atoms with Crippen molar-refractivity contribution in [2.75, 3.05) is 5.32 Å². The molecule has 2 aromatic rings. The maximum Gasteiger partial charge on any atom is 0.135 e. The highest BCUT2D eigenvalue weighted by Gasteiger charge is 2.14. The van der Waals surface area contributed by atoms with Gasteiger partial charge in [-0.2, -0.15) is 0 Å². The number of benzene rings is 2. The quantitative estimate of drug-likeness (QED) is 0.836. The second-order valence-corrected chi connectivity index (χ2v) is 5.34. The molecule has 3 N–H and O–H groups in total. The summed E-state index contributed by atoms with van der Waals surface area (Å²) in [5.74, 6) is -0.746. The third kappa shape index (κ3) is 3.36. The number of hydrogen-bond donors (Lipinski definition) is 2. The summed E-state index contributed by atoms with van der Waals surface area (Å²) in [5, 5.41) is 3.12. The fourth-order valence-electron chi connectivity index (χ4n) is 2.09. The van der Waals surface area contributed by atoms with Crippen molar-refractivity contribution < 1.29 is 8.78 Å². The van der Waals surface area contributed by atoms with Crippen molar-refractivity contribution in [3.8, 4) is 0 Å². The van der Waals surface area contributed by atoms with Crippen molar-refractivity contribution in [3.63, 3.8) is 0 Å². The molecule has 0 heterocycles. The van der Waals surface area contributed by atoms with Gasteiger partial charge in [-0.3, -0.25) is 0 Å². The molecule has 1 atom stereocenters. The second-order valence-electron chi connectivity index (χ2n) is 4.90. The molecule has 0 radical (unpaired) electrons. The van der Waals surface area contributed by atoms with Gasteiger partial charge in [-0.15, -0.1) is 0 Å². The predicted octanol–water partition coefficient (Wildman–Crippen LogP) is 4.08. The van der Waals surface area contributed by atoms with E-state index in [4.69, 9.17) is 18.0 Å². The molecule has 0 aliphatic carbocycles. The van der Waals surface area contributed by atoms with Crippen molar-refractivity contribution >= 4 is 22.9 Å². The van der Waals surface area contributed by atoms with Crippen molar-refractivity contribution in [3.05, 3.63) is 64.7 Å². The summed E-state index contributed by atoms with van der Waals surface area (Å²) in [7, 11) is 0. The molecule has 0 saturated carbocycles. The van der Waals surface area contributed by atoms with E-state index in [2.05, 4.69) is 5.32 Å². The van der Waals surface area contributed by atoms with Crippen LogP contribution in [0.4, 0.5) is 14.5 Å². The van der Waals surface area contributed by atoms with Crippen molar-refractivity contribution in [2.24, 2.45) is 5.73 Å². The molecule has 0 fully saturated rings. The Morgan fingerprint density at radius 2 is 1.90 bits per heavy atom. The van der Waals surface area contributed by atoms with E-state index in [1.54, 1.807) is 25.1 Å². The van der Waals surface area contributed by atoms with Crippen LogP contribution in [0.25, 0.3) is 0 Å². The lowest BCUT2D eigenvalue weighted by Crippen LogP contribution is -2.17. The minimum absolute atomic E-state index is 0.0158. The lowest BCUT2D eigenvalue weighted by molar-refractivity contribution is 0.614. The lowest BCUT2D eigenvalue weighted by atomic mass is 10.0. The second kappa shape index (κ2) is 6.18. The van der Waals surface area contributed by atoms with E-state index in [0.717, 1.165) is 5.56 Å². The van der Waals surface area contributed by atoms with E-state index in [-0.39, 0.29) is 22.4 Å². The van der Waals surface area contributed by atoms with Gasteiger partial charge in [0.05, 0.1) is 5.56 Å². The molecule has 2 rings (SSSR count). The number of hydrogen-bond acceptors (Lipinski definition) is 2. The van der Waals surface area contributed by atoms with E-state index in [0.29, 0.717) is 11.3 Å². The SMILES string of the molecule is Cc1ccc(C(C)Nc2cccc(F)c2C(N)=S)cc1F. The third-order valence-corrected chi connectivity index (χ3v) is 3.53. The van der Waals surface area contributed by atoms with Crippen LogP contribution < -0.4 is 11.1 Å². The van der Waals surface area contributed by atoms with Gasteiger partial charge in [-0.05, 0) is 43.2 Å². The van der Waals surface area contributed by atoms with Gasteiger partial charge in [0.2, 0.25) is 0 Å². The summed E-state index contributed by atoms with van der Waals surface area (Å²) in [6.45, 7) is 3.56. The Morgan fingerprint density at radius 3 is 2.52 bits per heavy atom. The number of thiocarbonyl (C=S) groups is 1. The van der Waals surface area contributed by atoms with Crippen LogP contribution in [-0.4, -0.2) is 4.99 Å². The van der Waals surface area contributed by atoms with E-state index in [9.17, 15) is 8.78 Å². The molecule has 0 spiro atoms. The Labute approximate surface area is 128 Å². The highest BCUT2D eigenvalue weighted by atomic mass is 32.1. The Kier molecular flexibility index (Phi) is 4.53. The first kappa shape index (κ1) is 15.4. The van der Waals surface area contributed by atoms with Gasteiger partial charge in [0.25, 0.3) is 0 Å². The molecule has 2 nitrogen and oxygen atoms in total. The third-order valence-electron chi connectivity index (χ3n) is 3.33. The van der Waals surface area contributed by atoms with Gasteiger partial charge >= 0.3 is 0 Å². The Morgan fingerprint density at radius 1 is 1.19 bits per heavy atom. The number of nitrogens with two attached hydrogens (primary N) is 1. The minimum Gasteiger partial charge on any atom is -0.389 e. The molecule has 0 aliphatic rings. The Balaban J connectivity index is 2.31. The molecule has 110 valence electrons. The number of nitrogens with one attached hydrogen (secondary N) is 1. The fraction of sp³-hybridized carbons (Fsp3) is 0.188. The molecule has 1 unspecified atom stereocenters. The van der Waals surface area contributed by atoms with E-state index >= 15 is 0 Å². The zero-order chi connectivity index (χ0) is 15.6. The number of rotatable bonds is 4. The first-order chi connectivity index (χ1) is 9.90. The maximum absolute atomic E-state index is 13.8. The van der Waals surface area contributed by atoms with Crippen LogP contribution in [-0.2, 0) is 0 Å². The number of anilines is 1. The van der Waals surface area contributed by atoms with Crippen LogP contribution in [0.3, 0.4) is 0 Å². The van der Waals surface area contributed by atoms with Gasteiger partial charge in [0.15, 0.2) is 0 Å². The van der Waals surface area contributed by atoms with Crippen LogP contribution in [0.2, 0.25) is 0 Å². The van der Waals surface area contributed by atoms with Crippen molar-refractivity contribution in [2.45, 2.75) is 19.9 Å². The van der Waals surface area contributed by atoms with Crippen LogP contribution in [0, 0.1) is 18.6 Å². The Hall–Kier alpha value is -2.01. The summed E-state index contributed by atoms with van der Waals surface area (Å²) < 4.78 is 27.4. The smallest absolute Gasteiger partial charge is 0.135 e. The summed E-state index contributed by atoms with van der Waals surface area (Å²) in [5.41, 5.74) is 7.58. The minimum atomic E-state index is -0.477. The highest BCUT2D eigenvalue weighted by Crippen LogP contribution is 2.25. The number of aryl methyl sites for hydroxylation is 1. The van der Waals surface area contributed by atoms with E-state index in [1.165, 1.54) is 12.1 Å². The zero-order valence-corrected chi connectivity index (χ0v) is 12.6. The molecular formula is C16H16F2N2S. The predicted molar refractivity (Wildman–Crippen MR) is 85.5 cm³/mol. The fourth-order valence-corrected chi connectivity index (χ4v) is 2.30. The highest BCUT2D eigenvalue weighted by molar-refractivity contribution is 7.80. The van der Waals surface area contributed by atoms with Gasteiger partial charge in [-0.1, -0.05) is 30.4 Å². The van der Waals surface area contributed by atoms with Crippen molar-refractivity contribution in [1.29, 1.82) is 0 Å². The standard InChI is InChI=1S/C16H16F2N2S/c1-9-6-7-11(8-13(9)18)10(2)20-14-5-3-4-12(17)15(14)16(19)21/h3-8,10,20H,1-2H3,(H2,19,21). The van der Waals surface area contributed by atoms with Crippen LogP contribution in [0.15, 0.2) is 36.4 Å². The largest absolute Gasteiger partial charge is 0.389 e. The topological polar surface area (TPSA) is 38.0 Å². The van der Waals surface area contributed by atoms with Crippen molar-refractivity contribution in [1.82, 2.24) is 0 Å². The summed E-state index contributed by atoms with van der Waals surface area (Å²) in [6.07, 6.45) is 0. The monoisotopic (exact) mass is 306 g/mol. The Bertz CT molecular complexity index is 686. The maximum atomic E-state index is 13.8. The lowest BCUT2D eigenvalue weighted by Gasteiger charge is -2.19. The zero-order valence-electron chi connectivity index (χ0n) is 11.8. The normalized spacial score (nSPS) is 12.0. The first-order valence-corrected chi connectivity index (χ1v) is 6.92.